The van der Waals surface area contributed by atoms with Gasteiger partial charge in [0.25, 0.3) is 0 Å². The van der Waals surface area contributed by atoms with Crippen molar-refractivity contribution in [3.05, 3.63) is 36.2 Å². The van der Waals surface area contributed by atoms with E-state index in [0.29, 0.717) is 5.82 Å². The Hall–Kier alpha value is -1.68. The van der Waals surface area contributed by atoms with Gasteiger partial charge in [-0.2, -0.15) is 0 Å². The Morgan fingerprint density at radius 1 is 1.19 bits per heavy atom. The Morgan fingerprint density at radius 2 is 2.00 bits per heavy atom. The second-order valence-corrected chi connectivity index (χ2v) is 4.06. The molecule has 0 aliphatic carbocycles. The first-order chi connectivity index (χ1) is 7.86. The van der Waals surface area contributed by atoms with E-state index >= 15 is 0 Å². The molecule has 2 aromatic rings. The van der Waals surface area contributed by atoms with Gasteiger partial charge in [0, 0.05) is 12.1 Å². The Bertz CT molecular complexity index is 492. The molecule has 1 aromatic carbocycles. The number of aliphatic hydroxyl groups excluding tert-OH is 1. The van der Waals surface area contributed by atoms with Gasteiger partial charge in [-0.05, 0) is 12.8 Å². The standard InChI is InChI=1S/C12H13N3O/c16-10-7-4-8-15-11(13-14-12(10)15)9-5-2-1-3-6-9/h1-3,5-6,10,16H,4,7-8H2. The van der Waals surface area contributed by atoms with Crippen molar-refractivity contribution in [1.29, 1.82) is 0 Å². The Kier molecular flexibility index (Phi) is 2.22. The molecule has 0 fully saturated rings. The van der Waals surface area contributed by atoms with E-state index in [0.717, 1.165) is 30.8 Å². The highest BCUT2D eigenvalue weighted by Crippen LogP contribution is 2.27. The molecule has 82 valence electrons. The van der Waals surface area contributed by atoms with Crippen LogP contribution in [0.2, 0.25) is 0 Å². The van der Waals surface area contributed by atoms with Crippen LogP contribution in [0.5, 0.6) is 0 Å². The SMILES string of the molecule is OC1CCCn2c(-c3ccccc3)nnc21. The van der Waals surface area contributed by atoms with Crippen LogP contribution in [0.25, 0.3) is 11.4 Å². The molecule has 0 radical (unpaired) electrons. The smallest absolute Gasteiger partial charge is 0.164 e. The molecule has 1 aromatic heterocycles. The summed E-state index contributed by atoms with van der Waals surface area (Å²) in [5.74, 6) is 1.56. The van der Waals surface area contributed by atoms with E-state index < -0.39 is 6.10 Å². The molecule has 0 saturated heterocycles. The number of aromatic nitrogens is 3. The van der Waals surface area contributed by atoms with Gasteiger partial charge in [-0.15, -0.1) is 10.2 Å². The second kappa shape index (κ2) is 3.72. The third-order valence-electron chi connectivity index (χ3n) is 2.97. The third-order valence-corrected chi connectivity index (χ3v) is 2.97. The van der Waals surface area contributed by atoms with Gasteiger partial charge in [0.1, 0.15) is 6.10 Å². The number of rotatable bonds is 1. The molecule has 1 atom stereocenters. The van der Waals surface area contributed by atoms with Gasteiger partial charge >= 0.3 is 0 Å². The van der Waals surface area contributed by atoms with E-state index in [1.165, 1.54) is 0 Å². The van der Waals surface area contributed by atoms with E-state index in [9.17, 15) is 5.11 Å². The number of fused-ring (bicyclic) bond motifs is 1. The number of hydrogen-bond donors (Lipinski definition) is 1. The summed E-state index contributed by atoms with van der Waals surface area (Å²) in [4.78, 5) is 0. The Morgan fingerprint density at radius 3 is 2.81 bits per heavy atom. The maximum absolute atomic E-state index is 9.80. The van der Waals surface area contributed by atoms with Gasteiger partial charge in [0.15, 0.2) is 11.6 Å². The van der Waals surface area contributed by atoms with Crippen LogP contribution in [-0.4, -0.2) is 19.9 Å². The average molecular weight is 215 g/mol. The Labute approximate surface area is 93.6 Å². The molecule has 16 heavy (non-hydrogen) atoms. The molecule has 0 bridgehead atoms. The van der Waals surface area contributed by atoms with Crippen molar-refractivity contribution in [1.82, 2.24) is 14.8 Å². The van der Waals surface area contributed by atoms with Crippen LogP contribution in [0.15, 0.2) is 30.3 Å². The average Bonchev–Trinajstić information content (AvgIpc) is 2.75. The highest BCUT2D eigenvalue weighted by molar-refractivity contribution is 5.55. The number of nitrogens with zero attached hydrogens (tertiary/aromatic N) is 3. The summed E-state index contributed by atoms with van der Waals surface area (Å²) in [6.45, 7) is 0.892. The van der Waals surface area contributed by atoms with Crippen LogP contribution >= 0.6 is 0 Å². The van der Waals surface area contributed by atoms with Gasteiger partial charge in [-0.1, -0.05) is 30.3 Å². The van der Waals surface area contributed by atoms with Crippen LogP contribution in [0, 0.1) is 0 Å². The Balaban J connectivity index is 2.10. The number of benzene rings is 1. The summed E-state index contributed by atoms with van der Waals surface area (Å²) >= 11 is 0. The largest absolute Gasteiger partial charge is 0.385 e. The molecule has 0 spiro atoms. The van der Waals surface area contributed by atoms with Gasteiger partial charge in [-0.25, -0.2) is 0 Å². The van der Waals surface area contributed by atoms with Crippen molar-refractivity contribution in [3.8, 4) is 11.4 Å². The zero-order valence-electron chi connectivity index (χ0n) is 8.87. The van der Waals surface area contributed by atoms with E-state index in [4.69, 9.17) is 0 Å². The second-order valence-electron chi connectivity index (χ2n) is 4.06. The molecule has 1 unspecified atom stereocenters. The fourth-order valence-electron chi connectivity index (χ4n) is 2.15. The summed E-state index contributed by atoms with van der Waals surface area (Å²) in [5.41, 5.74) is 1.05. The predicted octanol–water partition coefficient (Wildman–Crippen LogP) is 1.77. The van der Waals surface area contributed by atoms with Crippen molar-refractivity contribution in [2.75, 3.05) is 0 Å². The minimum absolute atomic E-state index is 0.460. The van der Waals surface area contributed by atoms with Gasteiger partial charge in [-0.3, -0.25) is 0 Å². The highest BCUT2D eigenvalue weighted by Gasteiger charge is 2.23. The summed E-state index contributed by atoms with van der Waals surface area (Å²) in [6.07, 6.45) is 1.30. The van der Waals surface area contributed by atoms with Crippen molar-refractivity contribution in [2.24, 2.45) is 0 Å². The first-order valence-electron chi connectivity index (χ1n) is 5.53. The molecule has 1 aliphatic rings. The lowest BCUT2D eigenvalue weighted by atomic mass is 10.1. The number of aliphatic hydroxyl groups is 1. The lowest BCUT2D eigenvalue weighted by Crippen LogP contribution is -2.16. The van der Waals surface area contributed by atoms with Crippen LogP contribution < -0.4 is 0 Å². The molecule has 1 N–H and O–H groups in total. The van der Waals surface area contributed by atoms with E-state index in [1.54, 1.807) is 0 Å². The van der Waals surface area contributed by atoms with Crippen LogP contribution in [0.3, 0.4) is 0 Å². The van der Waals surface area contributed by atoms with Gasteiger partial charge in [0.05, 0.1) is 0 Å². The van der Waals surface area contributed by atoms with Crippen LogP contribution in [0.1, 0.15) is 24.8 Å². The normalized spacial score (nSPS) is 19.4. The van der Waals surface area contributed by atoms with E-state index in [1.807, 2.05) is 34.9 Å². The topological polar surface area (TPSA) is 50.9 Å². The van der Waals surface area contributed by atoms with Crippen molar-refractivity contribution in [3.63, 3.8) is 0 Å². The molecule has 2 heterocycles. The lowest BCUT2D eigenvalue weighted by Gasteiger charge is -2.19. The molecule has 0 saturated carbocycles. The lowest BCUT2D eigenvalue weighted by molar-refractivity contribution is 0.134. The van der Waals surface area contributed by atoms with E-state index in [-0.39, 0.29) is 0 Å². The maximum atomic E-state index is 9.80. The molecule has 1 aliphatic heterocycles. The molecule has 4 nitrogen and oxygen atoms in total. The van der Waals surface area contributed by atoms with Crippen LogP contribution in [-0.2, 0) is 6.54 Å². The quantitative estimate of drug-likeness (QED) is 0.788. The fourth-order valence-corrected chi connectivity index (χ4v) is 2.15. The summed E-state index contributed by atoms with van der Waals surface area (Å²) in [6, 6.07) is 9.97. The molecule has 3 rings (SSSR count). The molecule has 4 heteroatoms. The monoisotopic (exact) mass is 215 g/mol. The predicted molar refractivity (Wildman–Crippen MR) is 59.7 cm³/mol. The molecule has 0 amide bonds. The first kappa shape index (κ1) is 9.54. The highest BCUT2D eigenvalue weighted by atomic mass is 16.3. The molecular formula is C12H13N3O. The minimum atomic E-state index is -0.460. The van der Waals surface area contributed by atoms with Crippen LogP contribution in [0.4, 0.5) is 0 Å². The number of hydrogen-bond acceptors (Lipinski definition) is 3. The summed E-state index contributed by atoms with van der Waals surface area (Å²) in [7, 11) is 0. The fraction of sp³-hybridized carbons (Fsp3) is 0.333. The first-order valence-corrected chi connectivity index (χ1v) is 5.53. The van der Waals surface area contributed by atoms with E-state index in [2.05, 4.69) is 10.2 Å². The zero-order chi connectivity index (χ0) is 11.0. The zero-order valence-corrected chi connectivity index (χ0v) is 8.87. The summed E-state index contributed by atoms with van der Waals surface area (Å²) < 4.78 is 2.02. The van der Waals surface area contributed by atoms with Gasteiger partial charge in [0.2, 0.25) is 0 Å². The molecular weight excluding hydrogens is 202 g/mol. The van der Waals surface area contributed by atoms with Crippen molar-refractivity contribution in [2.45, 2.75) is 25.5 Å². The third kappa shape index (κ3) is 1.42. The maximum Gasteiger partial charge on any atom is 0.164 e. The minimum Gasteiger partial charge on any atom is -0.385 e. The summed E-state index contributed by atoms with van der Waals surface area (Å²) in [5, 5.41) is 18.0. The van der Waals surface area contributed by atoms with Crippen molar-refractivity contribution >= 4 is 0 Å². The van der Waals surface area contributed by atoms with Gasteiger partial charge < -0.3 is 9.67 Å². The van der Waals surface area contributed by atoms with Crippen molar-refractivity contribution < 1.29 is 5.11 Å².